The molecule has 0 radical (unpaired) electrons. The molecule has 0 fully saturated rings. The molecule has 0 saturated carbocycles. The van der Waals surface area contributed by atoms with Crippen molar-refractivity contribution in [2.75, 3.05) is 0 Å². The quantitative estimate of drug-likeness (QED) is 0.633. The fourth-order valence-electron chi connectivity index (χ4n) is 1.92. The molecule has 0 amide bonds. The first-order chi connectivity index (χ1) is 8.34. The first kappa shape index (κ1) is 9.78. The standard InChI is InChI=1S/C14H11N2O/c17-16-14-9-5-4-8-12(14)10-13(15-16)11-6-2-1-3-7-11/h1-10H,(H,15,17)/q+1. The van der Waals surface area contributed by atoms with E-state index in [1.54, 1.807) is 6.07 Å². The highest BCUT2D eigenvalue weighted by molar-refractivity contribution is 5.79. The summed E-state index contributed by atoms with van der Waals surface area (Å²) in [5, 5.41) is 3.76. The van der Waals surface area contributed by atoms with Gasteiger partial charge in [0.15, 0.2) is 4.54 Å². The highest BCUT2D eigenvalue weighted by Gasteiger charge is 2.09. The minimum Gasteiger partial charge on any atom is -0.114 e. The molecular formula is C14H11N2O+. The summed E-state index contributed by atoms with van der Waals surface area (Å²) in [5.41, 5.74) is 2.47. The Labute approximate surface area is 97.9 Å². The van der Waals surface area contributed by atoms with E-state index in [0.717, 1.165) is 21.2 Å². The highest BCUT2D eigenvalue weighted by Crippen LogP contribution is 2.18. The summed E-state index contributed by atoms with van der Waals surface area (Å²) < 4.78 is 0.803. The molecule has 0 aliphatic rings. The van der Waals surface area contributed by atoms with Crippen molar-refractivity contribution in [2.45, 2.75) is 0 Å². The van der Waals surface area contributed by atoms with Crippen molar-refractivity contribution < 1.29 is 4.54 Å². The number of aromatic amines is 1. The molecule has 1 N–H and O–H groups in total. The van der Waals surface area contributed by atoms with Gasteiger partial charge < -0.3 is 0 Å². The summed E-state index contributed by atoms with van der Waals surface area (Å²) in [6.07, 6.45) is 0. The van der Waals surface area contributed by atoms with Gasteiger partial charge in [-0.15, -0.1) is 5.10 Å². The maximum atomic E-state index is 11.8. The Kier molecular flexibility index (Phi) is 2.22. The predicted octanol–water partition coefficient (Wildman–Crippen LogP) is 2.75. The third-order valence-corrected chi connectivity index (χ3v) is 2.76. The van der Waals surface area contributed by atoms with Crippen molar-refractivity contribution >= 4 is 10.9 Å². The molecule has 2 aromatic carbocycles. The molecule has 0 aliphatic heterocycles. The number of benzene rings is 2. The van der Waals surface area contributed by atoms with Gasteiger partial charge in [-0.1, -0.05) is 42.5 Å². The molecular weight excluding hydrogens is 212 g/mol. The Morgan fingerprint density at radius 1 is 0.882 bits per heavy atom. The normalized spacial score (nSPS) is 10.6. The van der Waals surface area contributed by atoms with E-state index in [2.05, 4.69) is 5.10 Å². The fourth-order valence-corrected chi connectivity index (χ4v) is 1.92. The fraction of sp³-hybridized carbons (Fsp3) is 0. The van der Waals surface area contributed by atoms with Crippen LogP contribution >= 0.6 is 0 Å². The van der Waals surface area contributed by atoms with E-state index in [4.69, 9.17) is 0 Å². The second-order valence-corrected chi connectivity index (χ2v) is 3.89. The van der Waals surface area contributed by atoms with Crippen LogP contribution in [0.3, 0.4) is 0 Å². The largest absolute Gasteiger partial charge is 0.299 e. The smallest absolute Gasteiger partial charge is 0.114 e. The molecule has 3 aromatic rings. The van der Waals surface area contributed by atoms with Gasteiger partial charge >= 0.3 is 0 Å². The van der Waals surface area contributed by atoms with Crippen LogP contribution in [0.15, 0.2) is 60.7 Å². The summed E-state index contributed by atoms with van der Waals surface area (Å²) in [6.45, 7) is 0. The van der Waals surface area contributed by atoms with Crippen molar-refractivity contribution in [2.24, 2.45) is 0 Å². The number of hydrogen-bond donors (Lipinski definition) is 1. The minimum atomic E-state index is 0.646. The van der Waals surface area contributed by atoms with Crippen LogP contribution in [0.5, 0.6) is 0 Å². The zero-order chi connectivity index (χ0) is 11.7. The number of aromatic nitrogens is 2. The Morgan fingerprint density at radius 3 is 2.41 bits per heavy atom. The van der Waals surface area contributed by atoms with E-state index < -0.39 is 0 Å². The summed E-state index contributed by atoms with van der Waals surface area (Å²) in [5.74, 6) is 0. The lowest BCUT2D eigenvalue weighted by atomic mass is 10.1. The maximum Gasteiger partial charge on any atom is 0.299 e. The van der Waals surface area contributed by atoms with Gasteiger partial charge in [-0.2, -0.15) is 0 Å². The molecule has 17 heavy (non-hydrogen) atoms. The topological polar surface area (TPSA) is 38.8 Å². The van der Waals surface area contributed by atoms with Gasteiger partial charge in [0.25, 0.3) is 5.52 Å². The zero-order valence-corrected chi connectivity index (χ0v) is 9.13. The van der Waals surface area contributed by atoms with E-state index in [1.807, 2.05) is 54.6 Å². The SMILES string of the molecule is O=[n+]1[nH]c(-c2ccccc2)cc2ccccc21. The molecule has 3 rings (SSSR count). The number of para-hydroxylation sites is 1. The van der Waals surface area contributed by atoms with Crippen molar-refractivity contribution in [3.8, 4) is 11.3 Å². The Balaban J connectivity index is 2.30. The number of fused-ring (bicyclic) bond motifs is 1. The number of hydrogen-bond acceptors (Lipinski definition) is 1. The summed E-state index contributed by atoms with van der Waals surface area (Å²) in [6, 6.07) is 19.3. The van der Waals surface area contributed by atoms with Gasteiger partial charge in [0.05, 0.1) is 10.3 Å². The predicted molar refractivity (Wildman–Crippen MR) is 67.1 cm³/mol. The molecule has 1 heterocycles. The van der Waals surface area contributed by atoms with Crippen LogP contribution in [0.1, 0.15) is 0 Å². The molecule has 0 atom stereocenters. The first-order valence-electron chi connectivity index (χ1n) is 5.45. The zero-order valence-electron chi connectivity index (χ0n) is 9.13. The van der Waals surface area contributed by atoms with Crippen molar-refractivity contribution in [3.05, 3.63) is 65.6 Å². The Morgan fingerprint density at radius 2 is 1.59 bits per heavy atom. The van der Waals surface area contributed by atoms with Crippen molar-refractivity contribution in [1.82, 2.24) is 5.10 Å². The Bertz CT molecular complexity index is 717. The van der Waals surface area contributed by atoms with Crippen LogP contribution in [0.4, 0.5) is 0 Å². The highest BCUT2D eigenvalue weighted by atomic mass is 16.3. The van der Waals surface area contributed by atoms with Gasteiger partial charge in [-0.25, -0.2) is 0 Å². The summed E-state index contributed by atoms with van der Waals surface area (Å²) in [4.78, 5) is 11.8. The molecule has 3 nitrogen and oxygen atoms in total. The number of nitrogens with one attached hydrogen (secondary N) is 1. The lowest BCUT2D eigenvalue weighted by Gasteiger charge is -1.98. The third-order valence-electron chi connectivity index (χ3n) is 2.76. The minimum absolute atomic E-state index is 0.646. The van der Waals surface area contributed by atoms with Gasteiger partial charge in [0.1, 0.15) is 5.69 Å². The van der Waals surface area contributed by atoms with Crippen molar-refractivity contribution in [1.29, 1.82) is 0 Å². The molecule has 1 aromatic heterocycles. The average molecular weight is 223 g/mol. The molecule has 0 bridgehead atoms. The van der Waals surface area contributed by atoms with E-state index >= 15 is 0 Å². The number of rotatable bonds is 1. The molecule has 0 unspecified atom stereocenters. The lowest BCUT2D eigenvalue weighted by Crippen LogP contribution is -2.20. The second-order valence-electron chi connectivity index (χ2n) is 3.89. The maximum absolute atomic E-state index is 11.8. The molecule has 82 valence electrons. The van der Waals surface area contributed by atoms with Crippen molar-refractivity contribution in [3.63, 3.8) is 0 Å². The average Bonchev–Trinajstić information content (AvgIpc) is 2.40. The molecule has 0 saturated heterocycles. The van der Waals surface area contributed by atoms with Crippen LogP contribution in [-0.4, -0.2) is 5.10 Å². The van der Waals surface area contributed by atoms with Crippen LogP contribution in [-0.2, 0) is 0 Å². The van der Waals surface area contributed by atoms with E-state index in [-0.39, 0.29) is 0 Å². The van der Waals surface area contributed by atoms with Crippen LogP contribution in [0, 0.1) is 4.91 Å². The van der Waals surface area contributed by atoms with Gasteiger partial charge in [0.2, 0.25) is 0 Å². The van der Waals surface area contributed by atoms with Crippen LogP contribution in [0.25, 0.3) is 22.2 Å². The van der Waals surface area contributed by atoms with Gasteiger partial charge in [-0.05, 0) is 12.1 Å². The van der Waals surface area contributed by atoms with E-state index in [0.29, 0.717) is 5.52 Å². The number of H-pyrrole nitrogens is 1. The van der Waals surface area contributed by atoms with Crippen LogP contribution in [0.2, 0.25) is 0 Å². The molecule has 3 heteroatoms. The Hall–Kier alpha value is -2.42. The second kappa shape index (κ2) is 3.87. The third kappa shape index (κ3) is 1.72. The van der Waals surface area contributed by atoms with E-state index in [9.17, 15) is 4.91 Å². The molecule has 0 spiro atoms. The van der Waals surface area contributed by atoms with Crippen LogP contribution < -0.4 is 4.54 Å². The molecule has 0 aliphatic carbocycles. The number of nitrogens with zero attached hydrogens (tertiary/aromatic N) is 1. The van der Waals surface area contributed by atoms with Gasteiger partial charge in [0, 0.05) is 11.6 Å². The first-order valence-corrected chi connectivity index (χ1v) is 5.45. The monoisotopic (exact) mass is 223 g/mol. The lowest BCUT2D eigenvalue weighted by molar-refractivity contribution is -0.534. The van der Waals surface area contributed by atoms with E-state index in [1.165, 1.54) is 0 Å². The van der Waals surface area contributed by atoms with Gasteiger partial charge in [-0.3, -0.25) is 0 Å². The summed E-state index contributed by atoms with van der Waals surface area (Å²) >= 11 is 0. The summed E-state index contributed by atoms with van der Waals surface area (Å²) in [7, 11) is 0.